The van der Waals surface area contributed by atoms with E-state index in [1.54, 1.807) is 0 Å². The minimum atomic E-state index is 0. The van der Waals surface area contributed by atoms with Gasteiger partial charge in [-0.05, 0) is 56.4 Å². The summed E-state index contributed by atoms with van der Waals surface area (Å²) in [4.78, 5) is 10.7. The number of aldehydes is 1. The monoisotopic (exact) mass is 581 g/mol. The van der Waals surface area contributed by atoms with Gasteiger partial charge in [0.25, 0.3) is 0 Å². The summed E-state index contributed by atoms with van der Waals surface area (Å²) in [5, 5.41) is 0. The van der Waals surface area contributed by atoms with Crippen LogP contribution in [0, 0.1) is 0 Å². The normalized spacial score (nSPS) is 11.3. The predicted molar refractivity (Wildman–Crippen MR) is 157 cm³/mol. The Morgan fingerprint density at radius 2 is 0.973 bits per heavy atom. The summed E-state index contributed by atoms with van der Waals surface area (Å²) in [7, 11) is 4.87. The van der Waals surface area contributed by atoms with Crippen molar-refractivity contribution in [1.29, 1.82) is 0 Å². The van der Waals surface area contributed by atoms with Gasteiger partial charge in [-0.25, -0.2) is 0 Å². The Labute approximate surface area is 241 Å². The van der Waals surface area contributed by atoms with E-state index in [0.717, 1.165) is 25.1 Å². The van der Waals surface area contributed by atoms with Crippen LogP contribution in [0.5, 0.6) is 5.75 Å². The zero-order valence-corrected chi connectivity index (χ0v) is 26.4. The van der Waals surface area contributed by atoms with Crippen molar-refractivity contribution in [2.24, 2.45) is 0 Å². The van der Waals surface area contributed by atoms with Crippen LogP contribution in [0.1, 0.15) is 146 Å². The van der Waals surface area contributed by atoms with Crippen LogP contribution >= 0.6 is 0 Å². The van der Waals surface area contributed by atoms with E-state index >= 15 is 0 Å². The van der Waals surface area contributed by atoms with Crippen LogP contribution in [-0.4, -0.2) is 44.6 Å². The van der Waals surface area contributed by atoms with Crippen LogP contribution in [0.15, 0.2) is 24.3 Å². The molecule has 216 valence electrons. The number of rotatable bonds is 26. The van der Waals surface area contributed by atoms with Crippen molar-refractivity contribution in [3.8, 4) is 5.75 Å². The molecular weight excluding hydrogens is 522 g/mol. The zero-order valence-electron chi connectivity index (χ0n) is 24.8. The third-order valence-corrected chi connectivity index (χ3v) is 7.56. The smallest absolute Gasteiger partial charge is 0.150 e. The zero-order chi connectivity index (χ0) is 26.2. The van der Waals surface area contributed by atoms with Crippen molar-refractivity contribution < 1.29 is 31.0 Å². The maximum absolute atomic E-state index is 10.7. The highest BCUT2D eigenvalue weighted by Gasteiger charge is 2.13. The number of hydrogen-bond acceptors (Lipinski definition) is 2. The Balaban J connectivity index is 0.0000130. The maximum atomic E-state index is 10.7. The fraction of sp³-hybridized carbons (Fsp3) is 0.788. The third kappa shape index (κ3) is 22.8. The maximum Gasteiger partial charge on any atom is 0.150 e. The Morgan fingerprint density at radius 1 is 0.595 bits per heavy atom. The van der Waals surface area contributed by atoms with Crippen LogP contribution < -0.4 is 21.7 Å². The molecule has 0 heterocycles. The quantitative estimate of drug-likeness (QED) is 0.0684. The van der Waals surface area contributed by atoms with Crippen molar-refractivity contribution in [3.63, 3.8) is 0 Å². The van der Waals surface area contributed by atoms with Crippen molar-refractivity contribution in [1.82, 2.24) is 0 Å². The predicted octanol–water partition coefficient (Wildman–Crippen LogP) is 6.78. The van der Waals surface area contributed by atoms with E-state index in [9.17, 15) is 4.79 Å². The second kappa shape index (κ2) is 25.4. The fourth-order valence-corrected chi connectivity index (χ4v) is 5.03. The molecule has 0 aromatic heterocycles. The number of nitrogens with zero attached hydrogens (tertiary/aromatic N) is 1. The lowest BCUT2D eigenvalue weighted by Gasteiger charge is -2.30. The van der Waals surface area contributed by atoms with Crippen LogP contribution in [0.25, 0.3) is 0 Å². The van der Waals surface area contributed by atoms with Crippen LogP contribution in [-0.2, 0) is 0 Å². The van der Waals surface area contributed by atoms with Gasteiger partial charge in [0.15, 0.2) is 0 Å². The molecule has 3 nitrogen and oxygen atoms in total. The first kappa shape index (κ1) is 36.1. The second-order valence-corrected chi connectivity index (χ2v) is 11.6. The Morgan fingerprint density at radius 3 is 1.38 bits per heavy atom. The second-order valence-electron chi connectivity index (χ2n) is 11.6. The van der Waals surface area contributed by atoms with E-state index in [0.29, 0.717) is 5.56 Å². The highest BCUT2D eigenvalue weighted by atomic mass is 79.9. The molecule has 0 unspecified atom stereocenters. The van der Waals surface area contributed by atoms with Crippen molar-refractivity contribution in [2.45, 2.75) is 135 Å². The van der Waals surface area contributed by atoms with E-state index in [1.165, 1.54) is 140 Å². The molecule has 1 aromatic rings. The molecule has 0 aliphatic heterocycles. The first-order valence-electron chi connectivity index (χ1n) is 15.6. The summed E-state index contributed by atoms with van der Waals surface area (Å²) in [6.07, 6.45) is 28.6. The number of hydrogen-bond donors (Lipinski definition) is 0. The van der Waals surface area contributed by atoms with Crippen LogP contribution in [0.2, 0.25) is 0 Å². The third-order valence-electron chi connectivity index (χ3n) is 7.56. The van der Waals surface area contributed by atoms with Crippen LogP contribution in [0.3, 0.4) is 0 Å². The number of carbonyl (C=O) groups is 1. The molecule has 0 saturated carbocycles. The van der Waals surface area contributed by atoms with E-state index in [-0.39, 0.29) is 17.0 Å². The molecule has 0 saturated heterocycles. The molecule has 0 aliphatic carbocycles. The molecule has 0 atom stereocenters. The molecule has 1 aromatic carbocycles. The number of ether oxygens (including phenoxy) is 1. The Bertz CT molecular complexity index is 617. The molecule has 0 fully saturated rings. The SMILES string of the molecule is CCCCCCCCCCCC[N+](C)(C)CCCCCCCCCCCCOc1ccc(C=O)cc1.[Br-]. The topological polar surface area (TPSA) is 26.3 Å². The van der Waals surface area contributed by atoms with Crippen molar-refractivity contribution in [3.05, 3.63) is 29.8 Å². The van der Waals surface area contributed by atoms with Crippen molar-refractivity contribution >= 4 is 6.29 Å². The van der Waals surface area contributed by atoms with Gasteiger partial charge in [0.1, 0.15) is 12.0 Å². The van der Waals surface area contributed by atoms with Gasteiger partial charge in [-0.15, -0.1) is 0 Å². The highest BCUT2D eigenvalue weighted by molar-refractivity contribution is 5.74. The minimum Gasteiger partial charge on any atom is -1.00 e. The molecule has 0 amide bonds. The first-order chi connectivity index (χ1) is 17.6. The molecule has 0 radical (unpaired) electrons. The van der Waals surface area contributed by atoms with E-state index in [2.05, 4.69) is 21.0 Å². The number of benzene rings is 1. The molecule has 37 heavy (non-hydrogen) atoms. The molecular formula is C33H60BrNO2. The van der Waals surface area contributed by atoms with E-state index < -0.39 is 0 Å². The van der Waals surface area contributed by atoms with Gasteiger partial charge in [-0.3, -0.25) is 4.79 Å². The minimum absolute atomic E-state index is 0. The van der Waals surface area contributed by atoms with Gasteiger partial charge in [0, 0.05) is 5.56 Å². The van der Waals surface area contributed by atoms with E-state index in [1.807, 2.05) is 24.3 Å². The van der Waals surface area contributed by atoms with Gasteiger partial charge in [0.05, 0.1) is 33.8 Å². The first-order valence-corrected chi connectivity index (χ1v) is 15.6. The lowest BCUT2D eigenvalue weighted by Crippen LogP contribution is -3.00. The summed E-state index contributed by atoms with van der Waals surface area (Å²) >= 11 is 0. The van der Waals surface area contributed by atoms with Crippen LogP contribution in [0.4, 0.5) is 0 Å². The number of halogens is 1. The van der Waals surface area contributed by atoms with Gasteiger partial charge in [0.2, 0.25) is 0 Å². The molecule has 0 spiro atoms. The fourth-order valence-electron chi connectivity index (χ4n) is 5.03. The lowest BCUT2D eigenvalue weighted by atomic mass is 10.1. The standard InChI is InChI=1S/C33H60NO2.BrH/c1-4-5-6-7-8-9-12-15-18-21-28-34(2,3)29-22-19-16-13-10-11-14-17-20-23-30-36-33-26-24-32(31-35)25-27-33;/h24-27,31H,4-23,28-30H2,1-3H3;1H/q+1;/p-1. The van der Waals surface area contributed by atoms with Gasteiger partial charge in [-0.1, -0.05) is 103 Å². The molecule has 0 bridgehead atoms. The van der Waals surface area contributed by atoms with Crippen molar-refractivity contribution in [2.75, 3.05) is 33.8 Å². The summed E-state index contributed by atoms with van der Waals surface area (Å²) in [6.45, 7) is 5.77. The largest absolute Gasteiger partial charge is 1.00 e. The summed E-state index contributed by atoms with van der Waals surface area (Å²) in [5.74, 6) is 0.863. The average molecular weight is 583 g/mol. The van der Waals surface area contributed by atoms with Gasteiger partial charge >= 0.3 is 0 Å². The Hall–Kier alpha value is -0.870. The number of unbranched alkanes of at least 4 members (excludes halogenated alkanes) is 18. The summed E-state index contributed by atoms with van der Waals surface area (Å²) < 4.78 is 6.96. The molecule has 0 aliphatic rings. The lowest BCUT2D eigenvalue weighted by molar-refractivity contribution is -0.890. The highest BCUT2D eigenvalue weighted by Crippen LogP contribution is 2.15. The van der Waals surface area contributed by atoms with E-state index in [4.69, 9.17) is 4.74 Å². The number of carbonyl (C=O) groups excluding carboxylic acids is 1. The molecule has 1 rings (SSSR count). The average Bonchev–Trinajstić information content (AvgIpc) is 2.88. The number of quaternary nitrogens is 1. The summed E-state index contributed by atoms with van der Waals surface area (Å²) in [5.41, 5.74) is 0.699. The van der Waals surface area contributed by atoms with Gasteiger partial charge < -0.3 is 26.2 Å². The molecule has 4 heteroatoms. The Kier molecular flexibility index (Phi) is 24.8. The van der Waals surface area contributed by atoms with Gasteiger partial charge in [-0.2, -0.15) is 0 Å². The summed E-state index contributed by atoms with van der Waals surface area (Å²) in [6, 6.07) is 7.37. The molecule has 0 N–H and O–H groups in total.